The highest BCUT2D eigenvalue weighted by molar-refractivity contribution is 5.96. The third-order valence-electron chi connectivity index (χ3n) is 10.7. The number of alkyl carbamates (subject to hydrolysis) is 1. The molecule has 0 unspecified atom stereocenters. The number of hydrogen-bond donors (Lipinski definition) is 5. The van der Waals surface area contributed by atoms with Gasteiger partial charge in [0.2, 0.25) is 23.6 Å². The minimum Gasteiger partial charge on any atom is -0.467 e. The van der Waals surface area contributed by atoms with Gasteiger partial charge in [-0.1, -0.05) is 60.7 Å². The van der Waals surface area contributed by atoms with Crippen molar-refractivity contribution >= 4 is 47.6 Å². The summed E-state index contributed by atoms with van der Waals surface area (Å²) in [6.45, 7) is 15.4. The Balaban J connectivity index is 1.72. The second kappa shape index (κ2) is 26.9. The molecule has 0 aliphatic heterocycles. The van der Waals surface area contributed by atoms with Gasteiger partial charge in [0.1, 0.15) is 47.0 Å². The molecule has 0 radical (unpaired) electrons. The zero-order valence-electron chi connectivity index (χ0n) is 44.3. The first kappa shape index (κ1) is 59.0. The van der Waals surface area contributed by atoms with Gasteiger partial charge >= 0.3 is 24.0 Å². The predicted molar refractivity (Wildman–Crippen MR) is 272 cm³/mol. The minimum absolute atomic E-state index is 0.0222. The molecule has 2 aromatic carbocycles. The van der Waals surface area contributed by atoms with Crippen LogP contribution in [0.2, 0.25) is 0 Å². The fourth-order valence-corrected chi connectivity index (χ4v) is 7.38. The molecule has 5 atom stereocenters. The van der Waals surface area contributed by atoms with Gasteiger partial charge in [-0.25, -0.2) is 19.6 Å². The summed E-state index contributed by atoms with van der Waals surface area (Å²) in [6, 6.07) is 11.3. The van der Waals surface area contributed by atoms with Crippen LogP contribution in [0, 0.1) is 0 Å². The molecule has 0 saturated carbocycles. The number of benzene rings is 2. The molecule has 0 saturated heterocycles. The van der Waals surface area contributed by atoms with E-state index in [1.807, 2.05) is 30.3 Å². The number of nitrogens with zero attached hydrogens (tertiary/aromatic N) is 4. The highest BCUT2D eigenvalue weighted by atomic mass is 16.6. The lowest BCUT2D eigenvalue weighted by molar-refractivity contribution is -0.156. The quantitative estimate of drug-likeness (QED) is 0.0492. The molecular weight excluding hydrogens is 955 g/mol. The van der Waals surface area contributed by atoms with E-state index >= 15 is 0 Å². The number of methoxy groups -OCH3 is 1. The second-order valence-corrected chi connectivity index (χ2v) is 20.8. The van der Waals surface area contributed by atoms with Gasteiger partial charge in [-0.2, -0.15) is 0 Å². The number of amides is 5. The van der Waals surface area contributed by atoms with E-state index in [0.29, 0.717) is 23.5 Å². The molecule has 0 fully saturated rings. The number of ether oxygens (including phenoxy) is 4. The lowest BCUT2D eigenvalue weighted by atomic mass is 10.0. The number of nitrogens with one attached hydrogen (secondary N) is 5. The molecule has 0 spiro atoms. The Bertz CT molecular complexity index is 2520. The molecule has 0 bridgehead atoms. The molecule has 0 aliphatic carbocycles. The van der Waals surface area contributed by atoms with E-state index in [-0.39, 0.29) is 44.9 Å². The van der Waals surface area contributed by atoms with Crippen LogP contribution in [0.3, 0.4) is 0 Å². The van der Waals surface area contributed by atoms with Crippen LogP contribution in [-0.2, 0) is 85.4 Å². The van der Waals surface area contributed by atoms with Gasteiger partial charge in [-0.15, -0.1) is 0 Å². The molecular formula is C53H73N9O12. The van der Waals surface area contributed by atoms with Crippen LogP contribution in [-0.4, -0.2) is 121 Å². The first-order chi connectivity index (χ1) is 34.7. The molecule has 0 aliphatic rings. The summed E-state index contributed by atoms with van der Waals surface area (Å²) >= 11 is 0. The number of aryl methyl sites for hydroxylation is 1. The number of aromatic nitrogens is 4. The van der Waals surface area contributed by atoms with Gasteiger partial charge in [-0.05, 0) is 86.3 Å². The van der Waals surface area contributed by atoms with Crippen molar-refractivity contribution in [2.75, 3.05) is 7.11 Å². The normalized spacial score (nSPS) is 13.7. The maximum absolute atomic E-state index is 14.8. The van der Waals surface area contributed by atoms with E-state index < -0.39 is 94.6 Å². The topological polar surface area (TPSA) is 269 Å². The summed E-state index contributed by atoms with van der Waals surface area (Å²) in [4.78, 5) is 119. The minimum atomic E-state index is -1.58. The largest absolute Gasteiger partial charge is 0.467 e. The molecule has 4 rings (SSSR count). The molecule has 74 heavy (non-hydrogen) atoms. The molecule has 4 aromatic rings. The standard InChI is InChI=1S/C53H73N9O12/c1-51(2,3)72-43(63)24-22-38(45(65)56-39(23-25-44(64)73-52(4,5)6)46(66)59-42(49(69)71-11)26-34-18-14-12-15-19-34)57-47(67)40(27-36-31-62(33-55-36)30-35-20-16-13-17-21-35)58-48(68)41(28-37-29-54-32-61(37)10)60-50(70)74-53(7,8)9/h12-21,29,31-33,38-42H,22-28,30H2,1-11H3,(H,56,65)(H,57,67)(H,58,68)(H,59,66)(H,60,70)/t38-,39-,40+,41+,42+/m1/s1. The summed E-state index contributed by atoms with van der Waals surface area (Å²) in [6.07, 6.45) is 3.73. The van der Waals surface area contributed by atoms with Crippen molar-refractivity contribution in [3.8, 4) is 0 Å². The number of carbonyl (C=O) groups excluding carboxylic acids is 8. The Hall–Kier alpha value is -7.58. The smallest absolute Gasteiger partial charge is 0.408 e. The predicted octanol–water partition coefficient (Wildman–Crippen LogP) is 3.94. The lowest BCUT2D eigenvalue weighted by Gasteiger charge is -2.28. The van der Waals surface area contributed by atoms with Crippen LogP contribution >= 0.6 is 0 Å². The van der Waals surface area contributed by atoms with E-state index in [2.05, 4.69) is 36.6 Å². The van der Waals surface area contributed by atoms with Crippen molar-refractivity contribution in [3.05, 3.63) is 108 Å². The Morgan fingerprint density at radius 1 is 0.554 bits per heavy atom. The van der Waals surface area contributed by atoms with Gasteiger partial charge in [0, 0.05) is 63.8 Å². The zero-order valence-corrected chi connectivity index (χ0v) is 44.3. The lowest BCUT2D eigenvalue weighted by Crippen LogP contribution is -2.59. The van der Waals surface area contributed by atoms with Crippen LogP contribution in [0.4, 0.5) is 4.79 Å². The second-order valence-electron chi connectivity index (χ2n) is 20.8. The average molecular weight is 1030 g/mol. The van der Waals surface area contributed by atoms with E-state index in [1.54, 1.807) is 121 Å². The summed E-state index contributed by atoms with van der Waals surface area (Å²) in [5.41, 5.74) is -0.115. The van der Waals surface area contributed by atoms with E-state index in [4.69, 9.17) is 18.9 Å². The molecule has 2 heterocycles. The van der Waals surface area contributed by atoms with E-state index in [9.17, 15) is 38.4 Å². The molecule has 21 nitrogen and oxygen atoms in total. The number of carbonyl (C=O) groups is 8. The summed E-state index contributed by atoms with van der Waals surface area (Å²) in [5.74, 6) is -5.68. The average Bonchev–Trinajstić information content (AvgIpc) is 3.93. The molecule has 5 N–H and O–H groups in total. The SMILES string of the molecule is COC(=O)[C@H](Cc1ccccc1)NC(=O)[C@@H](CCC(=O)OC(C)(C)C)NC(=O)[C@@H](CCC(=O)OC(C)(C)C)NC(=O)[C@H](Cc1cn(Cc2ccccc2)cn1)NC(=O)[C@H](Cc1cncn1C)NC(=O)OC(C)(C)C. The Morgan fingerprint density at radius 3 is 1.49 bits per heavy atom. The Morgan fingerprint density at radius 2 is 1.01 bits per heavy atom. The van der Waals surface area contributed by atoms with E-state index in [0.717, 1.165) is 12.7 Å². The van der Waals surface area contributed by atoms with Gasteiger partial charge in [-0.3, -0.25) is 28.8 Å². The van der Waals surface area contributed by atoms with Gasteiger partial charge < -0.3 is 54.7 Å². The highest BCUT2D eigenvalue weighted by Gasteiger charge is 2.35. The van der Waals surface area contributed by atoms with E-state index in [1.165, 1.54) is 12.5 Å². The summed E-state index contributed by atoms with van der Waals surface area (Å²) in [7, 11) is 2.87. The van der Waals surface area contributed by atoms with Crippen LogP contribution < -0.4 is 26.6 Å². The highest BCUT2D eigenvalue weighted by Crippen LogP contribution is 2.16. The van der Waals surface area contributed by atoms with Gasteiger partial charge in [0.15, 0.2) is 0 Å². The van der Waals surface area contributed by atoms with Crippen molar-refractivity contribution in [1.82, 2.24) is 45.7 Å². The first-order valence-corrected chi connectivity index (χ1v) is 24.4. The van der Waals surface area contributed by atoms with Crippen molar-refractivity contribution in [2.24, 2.45) is 7.05 Å². The first-order valence-electron chi connectivity index (χ1n) is 24.4. The maximum Gasteiger partial charge on any atom is 0.408 e. The molecule has 402 valence electrons. The van der Waals surface area contributed by atoms with Gasteiger partial charge in [0.05, 0.1) is 25.5 Å². The fourth-order valence-electron chi connectivity index (χ4n) is 7.38. The summed E-state index contributed by atoms with van der Waals surface area (Å²) in [5, 5.41) is 13.3. The fraction of sp³-hybridized carbons (Fsp3) is 0.509. The molecule has 5 amide bonds. The van der Waals surface area contributed by atoms with Crippen molar-refractivity contribution in [2.45, 2.75) is 161 Å². The number of rotatable bonds is 24. The molecule has 21 heteroatoms. The third kappa shape index (κ3) is 21.3. The van der Waals surface area contributed by atoms with Crippen molar-refractivity contribution in [1.29, 1.82) is 0 Å². The van der Waals surface area contributed by atoms with Crippen LogP contribution in [0.15, 0.2) is 85.7 Å². The summed E-state index contributed by atoms with van der Waals surface area (Å²) < 4.78 is 24.9. The molecule has 2 aromatic heterocycles. The number of imidazole rings is 2. The van der Waals surface area contributed by atoms with Crippen LogP contribution in [0.5, 0.6) is 0 Å². The number of hydrogen-bond acceptors (Lipinski definition) is 14. The zero-order chi connectivity index (χ0) is 54.8. The number of esters is 3. The van der Waals surface area contributed by atoms with Crippen molar-refractivity contribution in [3.63, 3.8) is 0 Å². The third-order valence-corrected chi connectivity index (χ3v) is 10.7. The van der Waals surface area contributed by atoms with Gasteiger partial charge in [0.25, 0.3) is 0 Å². The monoisotopic (exact) mass is 1030 g/mol. The van der Waals surface area contributed by atoms with Crippen molar-refractivity contribution < 1.29 is 57.3 Å². The Kier molecular flexibility index (Phi) is 21.5. The maximum atomic E-state index is 14.8. The van der Waals surface area contributed by atoms with Crippen LogP contribution in [0.25, 0.3) is 0 Å². The Labute approximate surface area is 432 Å². The van der Waals surface area contributed by atoms with Crippen LogP contribution in [0.1, 0.15) is 111 Å².